The minimum atomic E-state index is -0.535. The second-order valence-electron chi connectivity index (χ2n) is 5.52. The number of esters is 1. The molecule has 1 aromatic heterocycles. The van der Waals surface area contributed by atoms with Crippen LogP contribution in [0.15, 0.2) is 42.5 Å². The van der Waals surface area contributed by atoms with Crippen molar-refractivity contribution < 1.29 is 9.53 Å². The lowest BCUT2D eigenvalue weighted by Gasteiger charge is -2.08. The maximum Gasteiger partial charge on any atom is 0.366 e. The molecule has 5 nitrogen and oxygen atoms in total. The summed E-state index contributed by atoms with van der Waals surface area (Å²) in [4.78, 5) is 12.4. The number of benzene rings is 2. The summed E-state index contributed by atoms with van der Waals surface area (Å²) in [5, 5.41) is 8.66. The van der Waals surface area contributed by atoms with Crippen LogP contribution in [0.5, 0.6) is 5.75 Å². The SMILES string of the molecule is Cc1ccccc1OC(=O)c1nnn(-c2cc(Cl)ccc2C)c1C. The number of carbonyl (C=O) groups excluding carboxylic acids is 1. The van der Waals surface area contributed by atoms with E-state index in [4.69, 9.17) is 16.3 Å². The van der Waals surface area contributed by atoms with Crippen molar-refractivity contribution in [1.29, 1.82) is 0 Å². The van der Waals surface area contributed by atoms with Crippen LogP contribution in [0.1, 0.15) is 27.3 Å². The third kappa shape index (κ3) is 3.03. The lowest BCUT2D eigenvalue weighted by molar-refractivity contribution is 0.0726. The summed E-state index contributed by atoms with van der Waals surface area (Å²) in [5.41, 5.74) is 3.41. The van der Waals surface area contributed by atoms with Crippen molar-refractivity contribution in [2.24, 2.45) is 0 Å². The van der Waals surface area contributed by atoms with Gasteiger partial charge in [-0.25, -0.2) is 9.48 Å². The Hall–Kier alpha value is -2.66. The van der Waals surface area contributed by atoms with Gasteiger partial charge in [-0.05, 0) is 50.1 Å². The number of nitrogens with zero attached hydrogens (tertiary/aromatic N) is 3. The molecule has 0 radical (unpaired) electrons. The molecule has 0 aliphatic heterocycles. The van der Waals surface area contributed by atoms with Gasteiger partial charge in [0.2, 0.25) is 0 Å². The lowest BCUT2D eigenvalue weighted by Crippen LogP contribution is -2.12. The van der Waals surface area contributed by atoms with Crippen LogP contribution < -0.4 is 4.74 Å². The summed E-state index contributed by atoms with van der Waals surface area (Å²) in [6, 6.07) is 12.8. The van der Waals surface area contributed by atoms with Gasteiger partial charge in [0.1, 0.15) is 5.75 Å². The Morgan fingerprint density at radius 1 is 1.08 bits per heavy atom. The van der Waals surface area contributed by atoms with Crippen molar-refractivity contribution in [3.63, 3.8) is 0 Å². The first-order valence-corrected chi connectivity index (χ1v) is 7.82. The molecule has 0 bridgehead atoms. The van der Waals surface area contributed by atoms with E-state index in [-0.39, 0.29) is 5.69 Å². The number of hydrogen-bond donors (Lipinski definition) is 0. The Bertz CT molecular complexity index is 918. The van der Waals surface area contributed by atoms with E-state index in [1.54, 1.807) is 29.8 Å². The van der Waals surface area contributed by atoms with E-state index in [1.807, 2.05) is 38.1 Å². The molecule has 0 unspecified atom stereocenters. The van der Waals surface area contributed by atoms with E-state index in [0.29, 0.717) is 16.5 Å². The zero-order valence-corrected chi connectivity index (χ0v) is 14.3. The molecule has 0 aliphatic carbocycles. The van der Waals surface area contributed by atoms with Crippen molar-refractivity contribution in [2.45, 2.75) is 20.8 Å². The molecule has 0 aliphatic rings. The van der Waals surface area contributed by atoms with Gasteiger partial charge in [-0.2, -0.15) is 0 Å². The Morgan fingerprint density at radius 2 is 1.83 bits per heavy atom. The van der Waals surface area contributed by atoms with E-state index in [0.717, 1.165) is 16.8 Å². The number of hydrogen-bond acceptors (Lipinski definition) is 4. The van der Waals surface area contributed by atoms with Crippen LogP contribution in [-0.4, -0.2) is 21.0 Å². The highest BCUT2D eigenvalue weighted by Gasteiger charge is 2.20. The standard InChI is InChI=1S/C18H16ClN3O2/c1-11-8-9-14(19)10-15(11)22-13(3)17(20-21-22)18(23)24-16-7-5-4-6-12(16)2/h4-10H,1-3H3. The van der Waals surface area contributed by atoms with Crippen molar-refractivity contribution in [1.82, 2.24) is 15.0 Å². The van der Waals surface area contributed by atoms with Crippen LogP contribution in [-0.2, 0) is 0 Å². The van der Waals surface area contributed by atoms with Crippen LogP contribution in [0.4, 0.5) is 0 Å². The predicted molar refractivity (Wildman–Crippen MR) is 92.0 cm³/mol. The number of aryl methyl sites for hydroxylation is 2. The van der Waals surface area contributed by atoms with Crippen molar-refractivity contribution in [3.8, 4) is 11.4 Å². The maximum absolute atomic E-state index is 12.4. The average Bonchev–Trinajstić information content (AvgIpc) is 2.93. The Balaban J connectivity index is 1.94. The van der Waals surface area contributed by atoms with Gasteiger partial charge in [0.15, 0.2) is 5.69 Å². The van der Waals surface area contributed by atoms with Crippen LogP contribution in [0.3, 0.4) is 0 Å². The molecule has 0 atom stereocenters. The molecule has 0 spiro atoms. The number of carbonyl (C=O) groups is 1. The molecule has 0 saturated heterocycles. The molecule has 6 heteroatoms. The minimum Gasteiger partial charge on any atom is -0.421 e. The number of ether oxygens (including phenoxy) is 1. The fraction of sp³-hybridized carbons (Fsp3) is 0.167. The van der Waals surface area contributed by atoms with Gasteiger partial charge in [0.25, 0.3) is 0 Å². The first kappa shape index (κ1) is 16.2. The zero-order valence-electron chi connectivity index (χ0n) is 13.6. The predicted octanol–water partition coefficient (Wildman–Crippen LogP) is 4.07. The highest BCUT2D eigenvalue weighted by atomic mass is 35.5. The number of para-hydroxylation sites is 1. The fourth-order valence-corrected chi connectivity index (χ4v) is 2.54. The third-order valence-electron chi connectivity index (χ3n) is 3.78. The van der Waals surface area contributed by atoms with E-state index < -0.39 is 5.97 Å². The number of halogens is 1. The van der Waals surface area contributed by atoms with Crippen molar-refractivity contribution >= 4 is 17.6 Å². The normalized spacial score (nSPS) is 10.7. The summed E-state index contributed by atoms with van der Waals surface area (Å²) in [6.45, 7) is 5.59. The smallest absolute Gasteiger partial charge is 0.366 e. The summed E-state index contributed by atoms with van der Waals surface area (Å²) in [6.07, 6.45) is 0. The maximum atomic E-state index is 12.4. The molecular weight excluding hydrogens is 326 g/mol. The van der Waals surface area contributed by atoms with Gasteiger partial charge in [-0.3, -0.25) is 0 Å². The van der Waals surface area contributed by atoms with E-state index in [9.17, 15) is 4.79 Å². The van der Waals surface area contributed by atoms with Gasteiger partial charge in [0, 0.05) is 5.02 Å². The van der Waals surface area contributed by atoms with E-state index in [2.05, 4.69) is 10.3 Å². The molecule has 2 aromatic carbocycles. The molecule has 122 valence electrons. The third-order valence-corrected chi connectivity index (χ3v) is 4.02. The molecule has 1 heterocycles. The Kier molecular flexibility index (Phi) is 4.36. The molecule has 0 N–H and O–H groups in total. The van der Waals surface area contributed by atoms with E-state index in [1.165, 1.54) is 0 Å². The second kappa shape index (κ2) is 6.45. The quantitative estimate of drug-likeness (QED) is 0.532. The van der Waals surface area contributed by atoms with Crippen molar-refractivity contribution in [3.05, 3.63) is 70.0 Å². The van der Waals surface area contributed by atoms with Gasteiger partial charge < -0.3 is 4.74 Å². The summed E-state index contributed by atoms with van der Waals surface area (Å²) in [5.74, 6) is -0.0249. The largest absolute Gasteiger partial charge is 0.421 e. The molecule has 0 saturated carbocycles. The molecular formula is C18H16ClN3O2. The van der Waals surface area contributed by atoms with Gasteiger partial charge in [-0.15, -0.1) is 5.10 Å². The van der Waals surface area contributed by atoms with Gasteiger partial charge in [0.05, 0.1) is 11.4 Å². The topological polar surface area (TPSA) is 57.0 Å². The van der Waals surface area contributed by atoms with E-state index >= 15 is 0 Å². The van der Waals surface area contributed by atoms with Crippen molar-refractivity contribution in [2.75, 3.05) is 0 Å². The first-order chi connectivity index (χ1) is 11.5. The van der Waals surface area contributed by atoms with Gasteiger partial charge in [-0.1, -0.05) is 41.1 Å². The summed E-state index contributed by atoms with van der Waals surface area (Å²) in [7, 11) is 0. The molecule has 24 heavy (non-hydrogen) atoms. The summed E-state index contributed by atoms with van der Waals surface area (Å²) < 4.78 is 7.03. The fourth-order valence-electron chi connectivity index (χ4n) is 2.38. The molecule has 3 rings (SSSR count). The monoisotopic (exact) mass is 341 g/mol. The van der Waals surface area contributed by atoms with Crippen LogP contribution in [0.25, 0.3) is 5.69 Å². The van der Waals surface area contributed by atoms with Crippen LogP contribution in [0, 0.1) is 20.8 Å². The van der Waals surface area contributed by atoms with Crippen LogP contribution in [0.2, 0.25) is 5.02 Å². The number of aromatic nitrogens is 3. The Morgan fingerprint density at radius 3 is 2.58 bits per heavy atom. The van der Waals surface area contributed by atoms with Gasteiger partial charge >= 0.3 is 5.97 Å². The lowest BCUT2D eigenvalue weighted by atomic mass is 10.2. The van der Waals surface area contributed by atoms with Crippen LogP contribution >= 0.6 is 11.6 Å². The Labute approximate surface area is 144 Å². The molecule has 0 amide bonds. The second-order valence-corrected chi connectivity index (χ2v) is 5.96. The first-order valence-electron chi connectivity index (χ1n) is 7.44. The highest BCUT2D eigenvalue weighted by Crippen LogP contribution is 2.22. The average molecular weight is 342 g/mol. The minimum absolute atomic E-state index is 0.178. The summed E-state index contributed by atoms with van der Waals surface area (Å²) >= 11 is 6.06. The molecule has 0 fully saturated rings. The zero-order chi connectivity index (χ0) is 17.3. The molecule has 3 aromatic rings. The highest BCUT2D eigenvalue weighted by molar-refractivity contribution is 6.30. The number of rotatable bonds is 3.